The number of rotatable bonds is 6. The highest BCUT2D eigenvalue weighted by Crippen LogP contribution is 2.30. The number of piperidine rings is 1. The number of para-hydroxylation sites is 2. The van der Waals surface area contributed by atoms with Gasteiger partial charge in [0.2, 0.25) is 5.91 Å². The summed E-state index contributed by atoms with van der Waals surface area (Å²) < 4.78 is 7.81. The zero-order valence-corrected chi connectivity index (χ0v) is 16.4. The highest BCUT2D eigenvalue weighted by Gasteiger charge is 2.27. The van der Waals surface area contributed by atoms with E-state index in [0.717, 1.165) is 25.2 Å². The molecule has 0 radical (unpaired) electrons. The predicted octanol–water partition coefficient (Wildman–Crippen LogP) is 2.85. The van der Waals surface area contributed by atoms with Gasteiger partial charge in [-0.2, -0.15) is 0 Å². The van der Waals surface area contributed by atoms with Crippen molar-refractivity contribution in [2.45, 2.75) is 19.4 Å². The van der Waals surface area contributed by atoms with Crippen LogP contribution < -0.4 is 10.1 Å². The van der Waals surface area contributed by atoms with Gasteiger partial charge in [0.1, 0.15) is 17.9 Å². The Balaban J connectivity index is 1.41. The van der Waals surface area contributed by atoms with E-state index in [1.54, 1.807) is 18.7 Å². The van der Waals surface area contributed by atoms with Crippen LogP contribution in [0.5, 0.6) is 11.5 Å². The van der Waals surface area contributed by atoms with Crippen molar-refractivity contribution < 1.29 is 9.53 Å². The van der Waals surface area contributed by atoms with Gasteiger partial charge in [-0.3, -0.25) is 14.7 Å². The monoisotopic (exact) mass is 392 g/mol. The second kappa shape index (κ2) is 8.83. The van der Waals surface area contributed by atoms with Crippen LogP contribution in [0.15, 0.2) is 55.1 Å². The summed E-state index contributed by atoms with van der Waals surface area (Å²) >= 11 is 0. The van der Waals surface area contributed by atoms with E-state index < -0.39 is 0 Å². The second-order valence-corrected chi connectivity index (χ2v) is 7.21. The number of anilines is 1. The molecule has 1 fully saturated rings. The fourth-order valence-electron chi connectivity index (χ4n) is 3.49. The first kappa shape index (κ1) is 19.1. The normalized spacial score (nSPS) is 17.1. The number of likely N-dealkylation sites (tertiary alicyclic amines) is 1. The minimum atomic E-state index is -0.0802. The topological polar surface area (TPSA) is 85.2 Å². The van der Waals surface area contributed by atoms with Crippen molar-refractivity contribution in [3.8, 4) is 11.5 Å². The number of aromatic nitrogens is 4. The van der Waals surface area contributed by atoms with Gasteiger partial charge in [0, 0.05) is 19.8 Å². The maximum absolute atomic E-state index is 12.9. The van der Waals surface area contributed by atoms with Gasteiger partial charge in [0.05, 0.1) is 24.3 Å². The summed E-state index contributed by atoms with van der Waals surface area (Å²) in [5, 5.41) is 11.1. The molecule has 0 aliphatic carbocycles. The summed E-state index contributed by atoms with van der Waals surface area (Å²) in [5.41, 5.74) is 0.659. The molecule has 2 aromatic heterocycles. The van der Waals surface area contributed by atoms with Crippen LogP contribution in [0.2, 0.25) is 0 Å². The van der Waals surface area contributed by atoms with E-state index in [1.807, 2.05) is 48.0 Å². The van der Waals surface area contributed by atoms with Crippen LogP contribution in [0.3, 0.4) is 0 Å². The molecule has 0 bridgehead atoms. The van der Waals surface area contributed by atoms with Crippen LogP contribution in [-0.2, 0) is 18.4 Å². The molecular weight excluding hydrogens is 368 g/mol. The Morgan fingerprint density at radius 3 is 2.97 bits per heavy atom. The van der Waals surface area contributed by atoms with Gasteiger partial charge in [0.15, 0.2) is 5.75 Å². The standard InChI is InChI=1S/C21H24N6O2/c1-26-15-23-25-20(26)14-27-11-5-6-16(13-27)21(28)24-18-8-2-3-9-19(18)29-17-7-4-10-22-12-17/h2-4,7-10,12,15-16H,5-6,11,13-14H2,1H3,(H,24,28)/t16-/m0/s1. The van der Waals surface area contributed by atoms with Crippen LogP contribution >= 0.6 is 0 Å². The van der Waals surface area contributed by atoms with Gasteiger partial charge in [0.25, 0.3) is 0 Å². The first-order valence-corrected chi connectivity index (χ1v) is 9.72. The van der Waals surface area contributed by atoms with Gasteiger partial charge in [-0.05, 0) is 43.7 Å². The number of carbonyl (C=O) groups is 1. The molecule has 150 valence electrons. The number of amides is 1. The summed E-state index contributed by atoms with van der Waals surface area (Å²) in [5.74, 6) is 2.06. The Bertz CT molecular complexity index is 959. The van der Waals surface area contributed by atoms with E-state index in [4.69, 9.17) is 4.74 Å². The van der Waals surface area contributed by atoms with Crippen molar-refractivity contribution in [1.29, 1.82) is 0 Å². The number of ether oxygens (including phenoxy) is 1. The molecule has 1 atom stereocenters. The molecule has 1 amide bonds. The number of benzene rings is 1. The lowest BCUT2D eigenvalue weighted by atomic mass is 9.97. The third kappa shape index (κ3) is 4.78. The van der Waals surface area contributed by atoms with Crippen LogP contribution in [0.25, 0.3) is 0 Å². The number of carbonyl (C=O) groups excluding carboxylic acids is 1. The molecule has 29 heavy (non-hydrogen) atoms. The summed E-state index contributed by atoms with van der Waals surface area (Å²) in [6.45, 7) is 2.35. The molecule has 0 unspecified atom stereocenters. The summed E-state index contributed by atoms with van der Waals surface area (Å²) in [6, 6.07) is 11.1. The highest BCUT2D eigenvalue weighted by molar-refractivity contribution is 5.94. The van der Waals surface area contributed by atoms with Crippen molar-refractivity contribution >= 4 is 11.6 Å². The first-order chi connectivity index (χ1) is 14.2. The van der Waals surface area contributed by atoms with Crippen molar-refractivity contribution in [3.05, 3.63) is 60.9 Å². The van der Waals surface area contributed by atoms with E-state index in [1.165, 1.54) is 0 Å². The molecule has 3 aromatic rings. The minimum absolute atomic E-state index is 0.00917. The molecule has 1 aromatic carbocycles. The van der Waals surface area contributed by atoms with Gasteiger partial charge in [-0.25, -0.2) is 0 Å². The van der Waals surface area contributed by atoms with Crippen molar-refractivity contribution in [2.75, 3.05) is 18.4 Å². The van der Waals surface area contributed by atoms with Crippen LogP contribution in [0, 0.1) is 5.92 Å². The molecule has 0 saturated carbocycles. The van der Waals surface area contributed by atoms with Crippen molar-refractivity contribution in [1.82, 2.24) is 24.6 Å². The Hall–Kier alpha value is -3.26. The first-order valence-electron chi connectivity index (χ1n) is 9.72. The fourth-order valence-corrected chi connectivity index (χ4v) is 3.49. The average molecular weight is 392 g/mol. The maximum atomic E-state index is 12.9. The Kier molecular flexibility index (Phi) is 5.81. The number of nitrogens with one attached hydrogen (secondary N) is 1. The number of nitrogens with zero attached hydrogens (tertiary/aromatic N) is 5. The zero-order chi connectivity index (χ0) is 20.1. The van der Waals surface area contributed by atoms with Gasteiger partial charge in [-0.1, -0.05) is 12.1 Å². The molecule has 8 nitrogen and oxygen atoms in total. The lowest BCUT2D eigenvalue weighted by Crippen LogP contribution is -2.40. The number of hydrogen-bond donors (Lipinski definition) is 1. The summed E-state index contributed by atoms with van der Waals surface area (Å²) in [4.78, 5) is 19.3. The average Bonchev–Trinajstić information content (AvgIpc) is 3.15. The highest BCUT2D eigenvalue weighted by atomic mass is 16.5. The third-order valence-corrected chi connectivity index (χ3v) is 5.05. The summed E-state index contributed by atoms with van der Waals surface area (Å²) in [6.07, 6.45) is 6.87. The summed E-state index contributed by atoms with van der Waals surface area (Å²) in [7, 11) is 1.93. The number of hydrogen-bond acceptors (Lipinski definition) is 6. The minimum Gasteiger partial charge on any atom is -0.454 e. The van der Waals surface area contributed by atoms with E-state index in [0.29, 0.717) is 30.3 Å². The molecule has 3 heterocycles. The molecule has 1 aliphatic heterocycles. The predicted molar refractivity (Wildman–Crippen MR) is 108 cm³/mol. The quantitative estimate of drug-likeness (QED) is 0.694. The SMILES string of the molecule is Cn1cnnc1CN1CCC[C@H](C(=O)Nc2ccccc2Oc2cccnc2)C1. The zero-order valence-electron chi connectivity index (χ0n) is 16.4. The lowest BCUT2D eigenvalue weighted by molar-refractivity contribution is -0.121. The lowest BCUT2D eigenvalue weighted by Gasteiger charge is -2.31. The van der Waals surface area contributed by atoms with E-state index in [9.17, 15) is 4.79 Å². The maximum Gasteiger partial charge on any atom is 0.228 e. The van der Waals surface area contributed by atoms with Crippen molar-refractivity contribution in [2.24, 2.45) is 13.0 Å². The molecule has 8 heteroatoms. The van der Waals surface area contributed by atoms with Gasteiger partial charge < -0.3 is 14.6 Å². The van der Waals surface area contributed by atoms with Crippen LogP contribution in [0.4, 0.5) is 5.69 Å². The van der Waals surface area contributed by atoms with Gasteiger partial charge in [-0.15, -0.1) is 10.2 Å². The Morgan fingerprint density at radius 1 is 1.28 bits per heavy atom. The molecule has 0 spiro atoms. The largest absolute Gasteiger partial charge is 0.454 e. The second-order valence-electron chi connectivity index (χ2n) is 7.21. The number of aryl methyl sites for hydroxylation is 1. The van der Waals surface area contributed by atoms with Crippen LogP contribution in [-0.4, -0.2) is 43.6 Å². The Morgan fingerprint density at radius 2 is 2.17 bits per heavy atom. The molecule has 4 rings (SSSR count). The molecule has 1 N–H and O–H groups in total. The molecule has 1 aliphatic rings. The Labute approximate surface area is 169 Å². The third-order valence-electron chi connectivity index (χ3n) is 5.05. The van der Waals surface area contributed by atoms with Crippen molar-refractivity contribution in [3.63, 3.8) is 0 Å². The molecular formula is C21H24N6O2. The smallest absolute Gasteiger partial charge is 0.228 e. The molecule has 1 saturated heterocycles. The van der Waals surface area contributed by atoms with E-state index in [2.05, 4.69) is 25.4 Å². The van der Waals surface area contributed by atoms with Gasteiger partial charge >= 0.3 is 0 Å². The number of pyridine rings is 1. The van der Waals surface area contributed by atoms with E-state index >= 15 is 0 Å². The van der Waals surface area contributed by atoms with Crippen LogP contribution in [0.1, 0.15) is 18.7 Å². The van der Waals surface area contributed by atoms with E-state index in [-0.39, 0.29) is 11.8 Å². The fraction of sp³-hybridized carbons (Fsp3) is 0.333.